The number of hydrogen-bond acceptors (Lipinski definition) is 5. The van der Waals surface area contributed by atoms with Crippen LogP contribution in [0.5, 0.6) is 0 Å². The van der Waals surface area contributed by atoms with E-state index < -0.39 is 0 Å². The Kier molecular flexibility index (Phi) is 2.85. The average molecular weight is 157 g/mol. The third kappa shape index (κ3) is 2.55. The van der Waals surface area contributed by atoms with Gasteiger partial charge in [0.2, 0.25) is 0 Å². The first-order valence-corrected chi connectivity index (χ1v) is 3.48. The summed E-state index contributed by atoms with van der Waals surface area (Å²) in [7, 11) is 0. The molecule has 0 radical (unpaired) electrons. The SMILES string of the molecule is CCCOCc1noc(N)n1. The molecule has 0 fully saturated rings. The van der Waals surface area contributed by atoms with Crippen molar-refractivity contribution in [3.8, 4) is 0 Å². The second kappa shape index (κ2) is 3.92. The van der Waals surface area contributed by atoms with Gasteiger partial charge in [0.05, 0.1) is 0 Å². The first-order chi connectivity index (χ1) is 5.33. The molecule has 5 nitrogen and oxygen atoms in total. The molecule has 0 unspecified atom stereocenters. The van der Waals surface area contributed by atoms with Gasteiger partial charge in [0.1, 0.15) is 6.61 Å². The van der Waals surface area contributed by atoms with Crippen LogP contribution >= 0.6 is 0 Å². The van der Waals surface area contributed by atoms with Gasteiger partial charge < -0.3 is 15.0 Å². The third-order valence-corrected chi connectivity index (χ3v) is 1.06. The zero-order chi connectivity index (χ0) is 8.10. The van der Waals surface area contributed by atoms with Crippen LogP contribution in [-0.4, -0.2) is 16.7 Å². The zero-order valence-corrected chi connectivity index (χ0v) is 6.41. The van der Waals surface area contributed by atoms with Crippen LogP contribution in [0.15, 0.2) is 4.52 Å². The fourth-order valence-electron chi connectivity index (χ4n) is 0.634. The largest absolute Gasteiger partial charge is 0.373 e. The number of anilines is 1. The van der Waals surface area contributed by atoms with E-state index >= 15 is 0 Å². The number of rotatable bonds is 4. The summed E-state index contributed by atoms with van der Waals surface area (Å²) in [4.78, 5) is 3.76. The Morgan fingerprint density at radius 3 is 3.00 bits per heavy atom. The smallest absolute Gasteiger partial charge is 0.318 e. The topological polar surface area (TPSA) is 74.2 Å². The molecule has 0 saturated heterocycles. The summed E-state index contributed by atoms with van der Waals surface area (Å²) in [6, 6.07) is 0.0834. The summed E-state index contributed by atoms with van der Waals surface area (Å²) in [5.41, 5.74) is 5.19. The van der Waals surface area contributed by atoms with Gasteiger partial charge in [-0.2, -0.15) is 4.98 Å². The average Bonchev–Trinajstić information content (AvgIpc) is 2.37. The van der Waals surface area contributed by atoms with Gasteiger partial charge in [0.25, 0.3) is 0 Å². The molecule has 1 rings (SSSR count). The molecule has 1 heterocycles. The lowest BCUT2D eigenvalue weighted by molar-refractivity contribution is 0.114. The number of nitrogens with two attached hydrogens (primary N) is 1. The lowest BCUT2D eigenvalue weighted by Gasteiger charge is -1.94. The van der Waals surface area contributed by atoms with E-state index in [0.29, 0.717) is 19.0 Å². The number of nitrogens with zero attached hydrogens (tertiary/aromatic N) is 2. The second-order valence-corrected chi connectivity index (χ2v) is 2.10. The van der Waals surface area contributed by atoms with E-state index in [1.165, 1.54) is 0 Å². The maximum absolute atomic E-state index is 5.19. The fraction of sp³-hybridized carbons (Fsp3) is 0.667. The Balaban J connectivity index is 2.27. The number of aromatic nitrogens is 2. The van der Waals surface area contributed by atoms with Crippen molar-refractivity contribution in [2.75, 3.05) is 12.3 Å². The van der Waals surface area contributed by atoms with Crippen LogP contribution in [-0.2, 0) is 11.3 Å². The summed E-state index contributed by atoms with van der Waals surface area (Å²) in [5, 5.41) is 3.55. The Morgan fingerprint density at radius 2 is 2.45 bits per heavy atom. The van der Waals surface area contributed by atoms with E-state index in [1.807, 2.05) is 6.92 Å². The fourth-order valence-corrected chi connectivity index (χ4v) is 0.634. The van der Waals surface area contributed by atoms with E-state index in [1.54, 1.807) is 0 Å². The third-order valence-electron chi connectivity index (χ3n) is 1.06. The maximum Gasteiger partial charge on any atom is 0.318 e. The molecule has 0 saturated carbocycles. The number of ether oxygens (including phenoxy) is 1. The minimum absolute atomic E-state index is 0.0834. The molecule has 0 spiro atoms. The molecular formula is C6H11N3O2. The van der Waals surface area contributed by atoms with E-state index in [0.717, 1.165) is 6.42 Å². The van der Waals surface area contributed by atoms with Gasteiger partial charge in [-0.1, -0.05) is 12.1 Å². The van der Waals surface area contributed by atoms with Crippen molar-refractivity contribution in [2.24, 2.45) is 0 Å². The molecule has 0 amide bonds. The maximum atomic E-state index is 5.19. The molecule has 0 aliphatic heterocycles. The summed E-state index contributed by atoms with van der Waals surface area (Å²) in [5.74, 6) is 0.496. The van der Waals surface area contributed by atoms with Crippen molar-refractivity contribution in [2.45, 2.75) is 20.0 Å². The summed E-state index contributed by atoms with van der Waals surface area (Å²) in [6.07, 6.45) is 0.979. The van der Waals surface area contributed by atoms with Gasteiger partial charge in [-0.15, -0.1) is 0 Å². The summed E-state index contributed by atoms with van der Waals surface area (Å²) in [6.45, 7) is 3.10. The van der Waals surface area contributed by atoms with Crippen molar-refractivity contribution in [3.63, 3.8) is 0 Å². The zero-order valence-electron chi connectivity index (χ0n) is 6.41. The van der Waals surface area contributed by atoms with Gasteiger partial charge >= 0.3 is 6.01 Å². The van der Waals surface area contributed by atoms with Crippen LogP contribution in [0.4, 0.5) is 6.01 Å². The Morgan fingerprint density at radius 1 is 1.64 bits per heavy atom. The monoisotopic (exact) mass is 157 g/mol. The highest BCUT2D eigenvalue weighted by atomic mass is 16.5. The molecule has 0 bridgehead atoms. The van der Waals surface area contributed by atoms with Crippen molar-refractivity contribution >= 4 is 6.01 Å². The quantitative estimate of drug-likeness (QED) is 0.647. The minimum Gasteiger partial charge on any atom is -0.373 e. The van der Waals surface area contributed by atoms with E-state index in [9.17, 15) is 0 Å². The summed E-state index contributed by atoms with van der Waals surface area (Å²) >= 11 is 0. The normalized spacial score (nSPS) is 10.3. The van der Waals surface area contributed by atoms with Crippen LogP contribution in [0.25, 0.3) is 0 Å². The molecule has 0 atom stereocenters. The molecule has 0 aliphatic carbocycles. The highest BCUT2D eigenvalue weighted by Crippen LogP contribution is 1.98. The predicted molar refractivity (Wildman–Crippen MR) is 38.7 cm³/mol. The minimum atomic E-state index is 0.0834. The lowest BCUT2D eigenvalue weighted by atomic mass is 10.5. The van der Waals surface area contributed by atoms with Gasteiger partial charge in [0.15, 0.2) is 5.82 Å². The molecule has 2 N–H and O–H groups in total. The van der Waals surface area contributed by atoms with E-state index in [-0.39, 0.29) is 6.01 Å². The van der Waals surface area contributed by atoms with Gasteiger partial charge in [0, 0.05) is 6.61 Å². The van der Waals surface area contributed by atoms with Crippen molar-refractivity contribution in [1.82, 2.24) is 10.1 Å². The van der Waals surface area contributed by atoms with Crippen LogP contribution < -0.4 is 5.73 Å². The molecule has 1 aromatic heterocycles. The van der Waals surface area contributed by atoms with E-state index in [2.05, 4.69) is 14.7 Å². The van der Waals surface area contributed by atoms with Crippen LogP contribution in [0.1, 0.15) is 19.2 Å². The highest BCUT2D eigenvalue weighted by molar-refractivity contribution is 5.06. The van der Waals surface area contributed by atoms with E-state index in [4.69, 9.17) is 10.5 Å². The highest BCUT2D eigenvalue weighted by Gasteiger charge is 2.00. The van der Waals surface area contributed by atoms with Gasteiger partial charge in [-0.25, -0.2) is 0 Å². The lowest BCUT2D eigenvalue weighted by Crippen LogP contribution is -1.96. The van der Waals surface area contributed by atoms with Crippen molar-refractivity contribution in [3.05, 3.63) is 5.82 Å². The molecule has 11 heavy (non-hydrogen) atoms. The Labute approximate surface area is 64.5 Å². The van der Waals surface area contributed by atoms with Crippen LogP contribution in [0.2, 0.25) is 0 Å². The van der Waals surface area contributed by atoms with Crippen molar-refractivity contribution in [1.29, 1.82) is 0 Å². The first-order valence-electron chi connectivity index (χ1n) is 3.48. The van der Waals surface area contributed by atoms with Gasteiger partial charge in [-0.3, -0.25) is 0 Å². The Bertz CT molecular complexity index is 211. The number of hydrogen-bond donors (Lipinski definition) is 1. The first kappa shape index (κ1) is 8.00. The summed E-state index contributed by atoms with van der Waals surface area (Å²) < 4.78 is 9.67. The predicted octanol–water partition coefficient (Wildman–Crippen LogP) is 0.578. The molecule has 0 aliphatic rings. The molecular weight excluding hydrogens is 146 g/mol. The molecule has 0 aromatic carbocycles. The molecule has 1 aromatic rings. The molecule has 62 valence electrons. The second-order valence-electron chi connectivity index (χ2n) is 2.10. The van der Waals surface area contributed by atoms with Crippen LogP contribution in [0.3, 0.4) is 0 Å². The molecule has 5 heteroatoms. The van der Waals surface area contributed by atoms with Crippen molar-refractivity contribution < 1.29 is 9.26 Å². The number of nitrogen functional groups attached to an aromatic ring is 1. The van der Waals surface area contributed by atoms with Gasteiger partial charge in [-0.05, 0) is 6.42 Å². The standard InChI is InChI=1S/C6H11N3O2/c1-2-3-10-4-5-8-6(7)11-9-5/h2-4H2,1H3,(H2,7,8,9). The Hall–Kier alpha value is -1.10. The van der Waals surface area contributed by atoms with Crippen LogP contribution in [0, 0.1) is 0 Å².